The molecular formula is C23H20N4O4S. The van der Waals surface area contributed by atoms with Gasteiger partial charge in [-0.25, -0.2) is 13.4 Å². The average Bonchev–Trinajstić information content (AvgIpc) is 3.30. The van der Waals surface area contributed by atoms with E-state index in [4.69, 9.17) is 4.74 Å². The number of methoxy groups -OCH3 is 1. The van der Waals surface area contributed by atoms with Gasteiger partial charge in [0.25, 0.3) is 15.9 Å². The minimum atomic E-state index is -3.86. The molecule has 4 aromatic rings. The van der Waals surface area contributed by atoms with E-state index in [2.05, 4.69) is 15.0 Å². The quantitative estimate of drug-likeness (QED) is 0.446. The molecule has 162 valence electrons. The summed E-state index contributed by atoms with van der Waals surface area (Å²) in [6.07, 6.45) is 3.00. The van der Waals surface area contributed by atoms with Gasteiger partial charge in [0.2, 0.25) is 0 Å². The van der Waals surface area contributed by atoms with Gasteiger partial charge in [0.05, 0.1) is 24.5 Å². The molecule has 0 saturated carbocycles. The molecular weight excluding hydrogens is 428 g/mol. The summed E-state index contributed by atoms with van der Waals surface area (Å²) in [7, 11) is -2.32. The Morgan fingerprint density at radius 2 is 1.69 bits per heavy atom. The molecule has 0 spiro atoms. The Kier molecular flexibility index (Phi) is 5.91. The van der Waals surface area contributed by atoms with Crippen LogP contribution in [-0.4, -0.2) is 31.0 Å². The second-order valence-corrected chi connectivity index (χ2v) is 8.48. The number of para-hydroxylation sites is 1. The van der Waals surface area contributed by atoms with Crippen molar-refractivity contribution in [2.75, 3.05) is 17.1 Å². The zero-order chi connectivity index (χ0) is 22.6. The topological polar surface area (TPSA) is 102 Å². The SMILES string of the molecule is COc1ccc(NS(=O)(=O)c2cccc(NC(=O)c3cncn3-c3ccccc3)c2)cc1. The molecule has 0 radical (unpaired) electrons. The van der Waals surface area contributed by atoms with Crippen LogP contribution in [0.1, 0.15) is 10.5 Å². The summed E-state index contributed by atoms with van der Waals surface area (Å²) in [5.41, 5.74) is 1.84. The van der Waals surface area contributed by atoms with E-state index < -0.39 is 15.9 Å². The van der Waals surface area contributed by atoms with Crippen LogP contribution in [-0.2, 0) is 10.0 Å². The minimum absolute atomic E-state index is 0.0164. The summed E-state index contributed by atoms with van der Waals surface area (Å²) < 4.78 is 34.8. The van der Waals surface area contributed by atoms with Crippen molar-refractivity contribution in [3.8, 4) is 11.4 Å². The molecule has 4 rings (SSSR count). The number of benzene rings is 3. The van der Waals surface area contributed by atoms with E-state index in [1.54, 1.807) is 47.3 Å². The van der Waals surface area contributed by atoms with Gasteiger partial charge in [0.1, 0.15) is 11.4 Å². The van der Waals surface area contributed by atoms with Crippen molar-refractivity contribution in [3.63, 3.8) is 0 Å². The zero-order valence-electron chi connectivity index (χ0n) is 17.1. The number of carbonyl (C=O) groups excluding carboxylic acids is 1. The first-order valence-corrected chi connectivity index (χ1v) is 11.1. The Morgan fingerprint density at radius 3 is 2.41 bits per heavy atom. The predicted molar refractivity (Wildman–Crippen MR) is 122 cm³/mol. The number of hydrogen-bond donors (Lipinski definition) is 2. The highest BCUT2D eigenvalue weighted by Gasteiger charge is 2.17. The Hall–Kier alpha value is -4.11. The van der Waals surface area contributed by atoms with Crippen LogP contribution in [0, 0.1) is 0 Å². The number of ether oxygens (including phenoxy) is 1. The van der Waals surface area contributed by atoms with Crippen molar-refractivity contribution in [1.29, 1.82) is 0 Å². The van der Waals surface area contributed by atoms with Crippen LogP contribution in [0.25, 0.3) is 5.69 Å². The minimum Gasteiger partial charge on any atom is -0.497 e. The highest BCUT2D eigenvalue weighted by atomic mass is 32.2. The van der Waals surface area contributed by atoms with Gasteiger partial charge < -0.3 is 10.1 Å². The normalized spacial score (nSPS) is 11.0. The van der Waals surface area contributed by atoms with Crippen LogP contribution in [0.15, 0.2) is 96.3 Å². The molecule has 0 bridgehead atoms. The third-order valence-electron chi connectivity index (χ3n) is 4.65. The number of sulfonamides is 1. The van der Waals surface area contributed by atoms with Crippen molar-refractivity contribution < 1.29 is 17.9 Å². The highest BCUT2D eigenvalue weighted by molar-refractivity contribution is 7.92. The molecule has 0 atom stereocenters. The Balaban J connectivity index is 1.53. The summed E-state index contributed by atoms with van der Waals surface area (Å²) in [4.78, 5) is 16.9. The van der Waals surface area contributed by atoms with Crippen LogP contribution >= 0.6 is 0 Å². The summed E-state index contributed by atoms with van der Waals surface area (Å²) in [6.45, 7) is 0. The fourth-order valence-corrected chi connectivity index (χ4v) is 4.17. The predicted octanol–water partition coefficient (Wildman–Crippen LogP) is 3.93. The highest BCUT2D eigenvalue weighted by Crippen LogP contribution is 2.22. The maximum Gasteiger partial charge on any atom is 0.274 e. The van der Waals surface area contributed by atoms with Gasteiger partial charge in [-0.2, -0.15) is 0 Å². The lowest BCUT2D eigenvalue weighted by atomic mass is 10.3. The van der Waals surface area contributed by atoms with E-state index in [1.807, 2.05) is 30.3 Å². The van der Waals surface area contributed by atoms with Crippen LogP contribution in [0.2, 0.25) is 0 Å². The molecule has 9 heteroatoms. The Bertz CT molecular complexity index is 1330. The molecule has 2 N–H and O–H groups in total. The molecule has 0 unspecified atom stereocenters. The smallest absolute Gasteiger partial charge is 0.274 e. The van der Waals surface area contributed by atoms with Gasteiger partial charge in [-0.3, -0.25) is 14.1 Å². The van der Waals surface area contributed by atoms with Crippen molar-refractivity contribution in [1.82, 2.24) is 9.55 Å². The van der Waals surface area contributed by atoms with Crippen LogP contribution in [0.5, 0.6) is 5.75 Å². The lowest BCUT2D eigenvalue weighted by Crippen LogP contribution is -2.17. The monoisotopic (exact) mass is 448 g/mol. The number of anilines is 2. The number of amides is 1. The molecule has 0 saturated heterocycles. The fourth-order valence-electron chi connectivity index (χ4n) is 3.07. The van der Waals surface area contributed by atoms with E-state index >= 15 is 0 Å². The van der Waals surface area contributed by atoms with Gasteiger partial charge in [0, 0.05) is 17.1 Å². The first-order valence-electron chi connectivity index (χ1n) is 9.62. The molecule has 0 aliphatic rings. The van der Waals surface area contributed by atoms with Gasteiger partial charge in [0.15, 0.2) is 0 Å². The van der Waals surface area contributed by atoms with Crippen molar-refractivity contribution >= 4 is 27.3 Å². The van der Waals surface area contributed by atoms with Crippen molar-refractivity contribution in [2.24, 2.45) is 0 Å². The zero-order valence-corrected chi connectivity index (χ0v) is 17.9. The van der Waals surface area contributed by atoms with E-state index in [0.717, 1.165) is 5.69 Å². The molecule has 1 heterocycles. The molecule has 0 aliphatic heterocycles. The number of aromatic nitrogens is 2. The fraction of sp³-hybridized carbons (Fsp3) is 0.0435. The second kappa shape index (κ2) is 8.94. The molecule has 0 fully saturated rings. The molecule has 1 amide bonds. The van der Waals surface area contributed by atoms with E-state index in [-0.39, 0.29) is 4.90 Å². The van der Waals surface area contributed by atoms with E-state index in [1.165, 1.54) is 25.4 Å². The first kappa shape index (κ1) is 21.1. The number of carbonyl (C=O) groups is 1. The van der Waals surface area contributed by atoms with Crippen LogP contribution < -0.4 is 14.8 Å². The first-order chi connectivity index (χ1) is 15.5. The number of hydrogen-bond acceptors (Lipinski definition) is 5. The number of nitrogens with one attached hydrogen (secondary N) is 2. The van der Waals surface area contributed by atoms with Crippen LogP contribution in [0.4, 0.5) is 11.4 Å². The Labute approximate surface area is 185 Å². The molecule has 0 aliphatic carbocycles. The lowest BCUT2D eigenvalue weighted by Gasteiger charge is -2.11. The maximum atomic E-state index is 12.8. The maximum absolute atomic E-state index is 12.8. The van der Waals surface area contributed by atoms with Crippen LogP contribution in [0.3, 0.4) is 0 Å². The van der Waals surface area contributed by atoms with E-state index in [9.17, 15) is 13.2 Å². The third-order valence-corrected chi connectivity index (χ3v) is 6.03. The molecule has 8 nitrogen and oxygen atoms in total. The largest absolute Gasteiger partial charge is 0.497 e. The van der Waals surface area contributed by atoms with Gasteiger partial charge in [-0.1, -0.05) is 24.3 Å². The summed E-state index contributed by atoms with van der Waals surface area (Å²) in [5, 5.41) is 2.74. The summed E-state index contributed by atoms with van der Waals surface area (Å²) in [5.74, 6) is 0.205. The average molecular weight is 449 g/mol. The standard InChI is InChI=1S/C23H20N4O4S/c1-31-20-12-10-17(11-13-20)26-32(29,30)21-9-5-6-18(14-21)25-23(28)22-15-24-16-27(22)19-7-3-2-4-8-19/h2-16,26H,1H3,(H,25,28). The van der Waals surface area contributed by atoms with Gasteiger partial charge >= 0.3 is 0 Å². The molecule has 1 aromatic heterocycles. The van der Waals surface area contributed by atoms with Crippen molar-refractivity contribution in [2.45, 2.75) is 4.90 Å². The number of rotatable bonds is 7. The van der Waals surface area contributed by atoms with Gasteiger partial charge in [-0.05, 0) is 54.6 Å². The lowest BCUT2D eigenvalue weighted by molar-refractivity contribution is 0.102. The van der Waals surface area contributed by atoms with Crippen molar-refractivity contribution in [3.05, 3.63) is 97.1 Å². The third kappa shape index (κ3) is 4.62. The number of imidazole rings is 1. The second-order valence-electron chi connectivity index (χ2n) is 6.80. The molecule has 3 aromatic carbocycles. The summed E-state index contributed by atoms with van der Waals surface area (Å²) >= 11 is 0. The molecule has 32 heavy (non-hydrogen) atoms. The summed E-state index contributed by atoms with van der Waals surface area (Å²) in [6, 6.07) is 21.9. The van der Waals surface area contributed by atoms with Gasteiger partial charge in [-0.15, -0.1) is 0 Å². The van der Waals surface area contributed by atoms with E-state index in [0.29, 0.717) is 22.8 Å². The number of nitrogens with zero attached hydrogens (tertiary/aromatic N) is 2. The Morgan fingerprint density at radius 1 is 0.938 bits per heavy atom.